The maximum atomic E-state index is 10.5. The molecule has 0 saturated carbocycles. The van der Waals surface area contributed by atoms with Crippen molar-refractivity contribution in [1.29, 1.82) is 0 Å². The molecule has 0 saturated heterocycles. The fourth-order valence-corrected chi connectivity index (χ4v) is 0.306. The first-order valence-corrected chi connectivity index (χ1v) is 2.69. The maximum absolute atomic E-state index is 10.5. The van der Waals surface area contributed by atoms with Crippen LogP contribution in [0.25, 0.3) is 0 Å². The van der Waals surface area contributed by atoms with Gasteiger partial charge in [0.1, 0.15) is 5.57 Å². The normalized spacial score (nSPS) is 7.73. The molecule has 0 aliphatic heterocycles. The van der Waals surface area contributed by atoms with Gasteiger partial charge in [0.25, 0.3) is 0 Å². The van der Waals surface area contributed by atoms with Gasteiger partial charge in [-0.3, -0.25) is 0 Å². The summed E-state index contributed by atoms with van der Waals surface area (Å²) >= 11 is 0. The van der Waals surface area contributed by atoms with Crippen LogP contribution in [0.1, 0.15) is 6.92 Å². The average Bonchev–Trinajstić information content (AvgIpc) is 1.87. The Morgan fingerprint density at radius 2 is 2.00 bits per heavy atom. The summed E-state index contributed by atoms with van der Waals surface area (Å²) in [6, 6.07) is 0. The number of hydrogen-bond acceptors (Lipinski definition) is 3. The molecule has 0 aliphatic rings. The van der Waals surface area contributed by atoms with Crippen LogP contribution in [-0.2, 0) is 14.3 Å². The van der Waals surface area contributed by atoms with E-state index in [-0.39, 0.29) is 36.2 Å². The summed E-state index contributed by atoms with van der Waals surface area (Å²) in [4.78, 5) is 20.5. The summed E-state index contributed by atoms with van der Waals surface area (Å²) in [5, 5.41) is 8.18. The topological polar surface area (TPSA) is 63.6 Å². The van der Waals surface area contributed by atoms with Gasteiger partial charge in [-0.1, -0.05) is 6.58 Å². The van der Waals surface area contributed by atoms with Crippen LogP contribution >= 0.6 is 0 Å². The van der Waals surface area contributed by atoms with Crippen molar-refractivity contribution in [3.05, 3.63) is 12.2 Å². The standard InChI is InChI=1S/C6H8O4.Na.H/c1-3-10-6(9)4(2)5(7)8;;/h2-3H2,1H3,(H,7,8);;. The van der Waals surface area contributed by atoms with Crippen LogP contribution in [0.5, 0.6) is 0 Å². The van der Waals surface area contributed by atoms with Crippen LogP contribution in [0, 0.1) is 0 Å². The molecule has 11 heavy (non-hydrogen) atoms. The summed E-state index contributed by atoms with van der Waals surface area (Å²) in [5.74, 6) is -2.23. The van der Waals surface area contributed by atoms with Gasteiger partial charge < -0.3 is 9.84 Å². The SMILES string of the molecule is C=C(C(=O)O)C(=O)OCC.[NaH]. The zero-order valence-corrected chi connectivity index (χ0v) is 5.59. The first-order chi connectivity index (χ1) is 4.59. The van der Waals surface area contributed by atoms with Crippen molar-refractivity contribution in [3.63, 3.8) is 0 Å². The summed E-state index contributed by atoms with van der Waals surface area (Å²) in [6.45, 7) is 4.75. The number of carboxylic acids is 1. The predicted molar refractivity (Wildman–Crippen MR) is 40.6 cm³/mol. The molecular weight excluding hydrogens is 159 g/mol. The fraction of sp³-hybridized carbons (Fsp3) is 0.333. The molecule has 0 amide bonds. The number of hydrogen-bond donors (Lipinski definition) is 1. The third kappa shape index (κ3) is 5.01. The van der Waals surface area contributed by atoms with Crippen molar-refractivity contribution in [2.45, 2.75) is 6.92 Å². The van der Waals surface area contributed by atoms with Gasteiger partial charge in [0.05, 0.1) is 6.61 Å². The number of rotatable bonds is 3. The minimum atomic E-state index is -1.35. The number of carbonyl (C=O) groups excluding carboxylic acids is 1. The predicted octanol–water partition coefficient (Wildman–Crippen LogP) is -0.458. The molecule has 0 radical (unpaired) electrons. The van der Waals surface area contributed by atoms with E-state index in [1.165, 1.54) is 0 Å². The number of ether oxygens (including phenoxy) is 1. The van der Waals surface area contributed by atoms with Gasteiger partial charge in [0.2, 0.25) is 0 Å². The molecule has 0 aromatic heterocycles. The van der Waals surface area contributed by atoms with Crippen molar-refractivity contribution >= 4 is 41.5 Å². The van der Waals surface area contributed by atoms with E-state index in [0.29, 0.717) is 0 Å². The molecule has 1 N–H and O–H groups in total. The van der Waals surface area contributed by atoms with E-state index in [2.05, 4.69) is 11.3 Å². The Kier molecular flexibility index (Phi) is 7.72. The number of carbonyl (C=O) groups is 2. The van der Waals surface area contributed by atoms with Crippen LogP contribution in [0.2, 0.25) is 0 Å². The van der Waals surface area contributed by atoms with Crippen LogP contribution < -0.4 is 0 Å². The first kappa shape index (κ1) is 13.3. The molecule has 0 bridgehead atoms. The minimum absolute atomic E-state index is 0. The molecule has 0 atom stereocenters. The summed E-state index contributed by atoms with van der Waals surface area (Å²) < 4.78 is 4.35. The second kappa shape index (κ2) is 6.39. The molecule has 0 aliphatic carbocycles. The number of esters is 1. The molecule has 0 heterocycles. The fourth-order valence-electron chi connectivity index (χ4n) is 0.306. The first-order valence-electron chi connectivity index (χ1n) is 2.69. The van der Waals surface area contributed by atoms with Crippen molar-refractivity contribution in [3.8, 4) is 0 Å². The van der Waals surface area contributed by atoms with Crippen LogP contribution in [-0.4, -0.2) is 53.2 Å². The van der Waals surface area contributed by atoms with E-state index >= 15 is 0 Å². The van der Waals surface area contributed by atoms with Crippen LogP contribution in [0.3, 0.4) is 0 Å². The van der Waals surface area contributed by atoms with Gasteiger partial charge >= 0.3 is 41.5 Å². The molecule has 0 rings (SSSR count). The third-order valence-corrected chi connectivity index (χ3v) is 0.780. The van der Waals surface area contributed by atoms with Gasteiger partial charge in [0, 0.05) is 0 Å². The van der Waals surface area contributed by atoms with E-state index in [1.54, 1.807) is 6.92 Å². The number of aliphatic carboxylic acids is 1. The van der Waals surface area contributed by atoms with Crippen molar-refractivity contribution < 1.29 is 19.4 Å². The monoisotopic (exact) mass is 168 g/mol. The zero-order valence-electron chi connectivity index (χ0n) is 5.59. The van der Waals surface area contributed by atoms with Crippen molar-refractivity contribution in [2.24, 2.45) is 0 Å². The third-order valence-electron chi connectivity index (χ3n) is 0.780. The summed E-state index contributed by atoms with van der Waals surface area (Å²) in [5.41, 5.74) is -0.540. The number of carboxylic acid groups (broad SMARTS) is 1. The van der Waals surface area contributed by atoms with Gasteiger partial charge in [-0.25, -0.2) is 9.59 Å². The molecule has 58 valence electrons. The Labute approximate surface area is 86.5 Å². The van der Waals surface area contributed by atoms with Crippen LogP contribution in [0.4, 0.5) is 0 Å². The van der Waals surface area contributed by atoms with Gasteiger partial charge in [-0.15, -0.1) is 0 Å². The van der Waals surface area contributed by atoms with Crippen LogP contribution in [0.15, 0.2) is 12.2 Å². The molecule has 0 fully saturated rings. The Balaban J connectivity index is 0. The van der Waals surface area contributed by atoms with Crippen molar-refractivity contribution in [2.75, 3.05) is 6.61 Å². The van der Waals surface area contributed by atoms with Gasteiger partial charge in [-0.2, -0.15) is 0 Å². The Hall–Kier alpha value is -0.320. The molecule has 0 spiro atoms. The van der Waals surface area contributed by atoms with E-state index < -0.39 is 17.5 Å². The van der Waals surface area contributed by atoms with E-state index in [9.17, 15) is 9.59 Å². The van der Waals surface area contributed by atoms with E-state index in [0.717, 1.165) is 0 Å². The quantitative estimate of drug-likeness (QED) is 0.204. The average molecular weight is 168 g/mol. The molecule has 4 nitrogen and oxygen atoms in total. The van der Waals surface area contributed by atoms with Gasteiger partial charge in [-0.05, 0) is 6.92 Å². The Morgan fingerprint density at radius 3 is 2.27 bits per heavy atom. The molecule has 0 aromatic rings. The molecule has 0 aromatic carbocycles. The van der Waals surface area contributed by atoms with Crippen molar-refractivity contribution in [1.82, 2.24) is 0 Å². The second-order valence-electron chi connectivity index (χ2n) is 1.50. The Bertz CT molecular complexity index is 175. The van der Waals surface area contributed by atoms with E-state index in [1.807, 2.05) is 0 Å². The molecule has 5 heteroatoms. The zero-order chi connectivity index (χ0) is 8.15. The van der Waals surface area contributed by atoms with Gasteiger partial charge in [0.15, 0.2) is 0 Å². The molecular formula is C6H9NaO4. The van der Waals surface area contributed by atoms with E-state index in [4.69, 9.17) is 5.11 Å². The molecule has 0 unspecified atom stereocenters. The summed E-state index contributed by atoms with van der Waals surface area (Å²) in [7, 11) is 0. The summed E-state index contributed by atoms with van der Waals surface area (Å²) in [6.07, 6.45) is 0. The Morgan fingerprint density at radius 1 is 1.55 bits per heavy atom. The second-order valence-corrected chi connectivity index (χ2v) is 1.50.